The van der Waals surface area contributed by atoms with Gasteiger partial charge in [0, 0.05) is 17.6 Å². The molecule has 0 aliphatic carbocycles. The van der Waals surface area contributed by atoms with Crippen LogP contribution < -0.4 is 4.74 Å². The van der Waals surface area contributed by atoms with Crippen molar-refractivity contribution in [3.63, 3.8) is 0 Å². The van der Waals surface area contributed by atoms with E-state index in [9.17, 15) is 13.2 Å². The zero-order valence-electron chi connectivity index (χ0n) is 9.88. The van der Waals surface area contributed by atoms with Gasteiger partial charge in [0.25, 0.3) is 0 Å². The Hall–Kier alpha value is -1.70. The summed E-state index contributed by atoms with van der Waals surface area (Å²) in [7, 11) is 0. The van der Waals surface area contributed by atoms with Gasteiger partial charge >= 0.3 is 0 Å². The summed E-state index contributed by atoms with van der Waals surface area (Å²) in [6.07, 6.45) is 1.51. The van der Waals surface area contributed by atoms with E-state index in [0.29, 0.717) is 9.09 Å². The number of rotatable bonds is 2. The third-order valence-electron chi connectivity index (χ3n) is 2.81. The summed E-state index contributed by atoms with van der Waals surface area (Å²) in [5.74, 6) is -2.36. The highest BCUT2D eigenvalue weighted by Gasteiger charge is 2.17. The predicted molar refractivity (Wildman–Crippen MR) is 77.4 cm³/mol. The predicted octanol–water partition coefficient (Wildman–Crippen LogP) is 4.98. The number of aromatic nitrogens is 1. The molecule has 0 spiro atoms. The molecule has 3 rings (SSSR count). The Morgan fingerprint density at radius 2 is 1.80 bits per heavy atom. The molecule has 0 saturated carbocycles. The van der Waals surface area contributed by atoms with Crippen LogP contribution in [0.5, 0.6) is 11.5 Å². The molecule has 0 radical (unpaired) electrons. The first kappa shape index (κ1) is 13.3. The minimum atomic E-state index is -0.822. The van der Waals surface area contributed by atoms with E-state index in [-0.39, 0.29) is 11.1 Å². The number of halogens is 4. The maximum atomic E-state index is 14.2. The van der Waals surface area contributed by atoms with Gasteiger partial charge in [-0.1, -0.05) is 0 Å². The van der Waals surface area contributed by atoms with E-state index in [1.165, 1.54) is 30.5 Å². The fraction of sp³-hybridized carbons (Fsp3) is 0. The van der Waals surface area contributed by atoms with Crippen LogP contribution >= 0.6 is 22.6 Å². The Labute approximate surface area is 125 Å². The van der Waals surface area contributed by atoms with Crippen LogP contribution in [0.1, 0.15) is 0 Å². The molecule has 0 unspecified atom stereocenters. The van der Waals surface area contributed by atoms with E-state index in [1.54, 1.807) is 22.6 Å². The fourth-order valence-electron chi connectivity index (χ4n) is 1.86. The Morgan fingerprint density at radius 1 is 1.00 bits per heavy atom. The van der Waals surface area contributed by atoms with Gasteiger partial charge in [-0.3, -0.25) is 0 Å². The third kappa shape index (κ3) is 2.24. The quantitative estimate of drug-likeness (QED) is 0.615. The molecule has 2 aromatic carbocycles. The van der Waals surface area contributed by atoms with Crippen LogP contribution in [-0.2, 0) is 0 Å². The highest BCUT2D eigenvalue weighted by Crippen LogP contribution is 2.33. The summed E-state index contributed by atoms with van der Waals surface area (Å²) in [5.41, 5.74) is 0.348. The number of fused-ring (bicyclic) bond motifs is 1. The lowest BCUT2D eigenvalue weighted by Gasteiger charge is -2.09. The molecule has 1 heterocycles. The maximum absolute atomic E-state index is 14.2. The third-order valence-corrected chi connectivity index (χ3v) is 3.64. The second-order valence-electron chi connectivity index (χ2n) is 4.12. The first-order chi connectivity index (χ1) is 9.56. The van der Waals surface area contributed by atoms with Crippen molar-refractivity contribution >= 4 is 33.5 Å². The first-order valence-corrected chi connectivity index (χ1v) is 6.72. The van der Waals surface area contributed by atoms with E-state index in [2.05, 4.69) is 4.98 Å². The zero-order chi connectivity index (χ0) is 14.3. The number of aromatic amines is 1. The molecule has 1 aromatic heterocycles. The van der Waals surface area contributed by atoms with Gasteiger partial charge in [0.1, 0.15) is 11.6 Å². The molecule has 20 heavy (non-hydrogen) atoms. The lowest BCUT2D eigenvalue weighted by molar-refractivity contribution is 0.410. The van der Waals surface area contributed by atoms with Crippen molar-refractivity contribution in [1.82, 2.24) is 4.98 Å². The van der Waals surface area contributed by atoms with Gasteiger partial charge in [0.05, 0.1) is 9.09 Å². The molecule has 0 aliphatic heterocycles. The van der Waals surface area contributed by atoms with Crippen molar-refractivity contribution in [2.24, 2.45) is 0 Å². The molecule has 0 aliphatic rings. The van der Waals surface area contributed by atoms with Crippen molar-refractivity contribution in [3.8, 4) is 11.5 Å². The van der Waals surface area contributed by atoms with E-state index < -0.39 is 23.2 Å². The number of hydrogen-bond acceptors (Lipinski definition) is 1. The summed E-state index contributed by atoms with van der Waals surface area (Å²) < 4.78 is 46.7. The summed E-state index contributed by atoms with van der Waals surface area (Å²) in [4.78, 5) is 2.72. The Balaban J connectivity index is 2.07. The molecule has 0 fully saturated rings. The highest BCUT2D eigenvalue weighted by molar-refractivity contribution is 14.1. The van der Waals surface area contributed by atoms with Crippen molar-refractivity contribution in [1.29, 1.82) is 0 Å². The summed E-state index contributed by atoms with van der Waals surface area (Å²) in [6, 6.07) is 6.52. The molecule has 0 bridgehead atoms. The average Bonchev–Trinajstić information content (AvgIpc) is 2.87. The maximum Gasteiger partial charge on any atom is 0.199 e. The van der Waals surface area contributed by atoms with E-state index >= 15 is 0 Å². The zero-order valence-corrected chi connectivity index (χ0v) is 12.0. The average molecular weight is 389 g/mol. The minimum absolute atomic E-state index is 0.170. The molecular weight excluding hydrogens is 382 g/mol. The summed E-state index contributed by atoms with van der Waals surface area (Å²) in [5, 5.41) is 0.234. The molecule has 1 N–H and O–H groups in total. The molecule has 3 aromatic rings. The SMILES string of the molecule is Fc1ccc(Oc2c(F)cc3[nH]ccc3c2F)cc1I. The van der Waals surface area contributed by atoms with Gasteiger partial charge in [-0.2, -0.15) is 0 Å². The lowest BCUT2D eigenvalue weighted by atomic mass is 10.2. The molecule has 102 valence electrons. The van der Waals surface area contributed by atoms with Gasteiger partial charge in [-0.05, 0) is 46.9 Å². The van der Waals surface area contributed by atoms with Gasteiger partial charge in [0.15, 0.2) is 17.4 Å². The smallest absolute Gasteiger partial charge is 0.199 e. The second-order valence-corrected chi connectivity index (χ2v) is 5.28. The first-order valence-electron chi connectivity index (χ1n) is 5.64. The van der Waals surface area contributed by atoms with Crippen molar-refractivity contribution < 1.29 is 17.9 Å². The monoisotopic (exact) mass is 389 g/mol. The fourth-order valence-corrected chi connectivity index (χ4v) is 2.35. The molecule has 0 amide bonds. The van der Waals surface area contributed by atoms with Crippen LogP contribution in [0.25, 0.3) is 10.9 Å². The van der Waals surface area contributed by atoms with Crippen molar-refractivity contribution in [3.05, 3.63) is 57.6 Å². The van der Waals surface area contributed by atoms with Crippen LogP contribution in [0.15, 0.2) is 36.5 Å². The normalized spacial score (nSPS) is 11.0. The van der Waals surface area contributed by atoms with Gasteiger partial charge < -0.3 is 9.72 Å². The summed E-state index contributed by atoms with van der Waals surface area (Å²) in [6.45, 7) is 0. The molecule has 6 heteroatoms. The van der Waals surface area contributed by atoms with E-state index in [1.807, 2.05) is 0 Å². The van der Waals surface area contributed by atoms with Crippen LogP contribution in [0.4, 0.5) is 13.2 Å². The van der Waals surface area contributed by atoms with Crippen LogP contribution in [-0.4, -0.2) is 4.98 Å². The Bertz CT molecular complexity index is 800. The van der Waals surface area contributed by atoms with Crippen LogP contribution in [0.2, 0.25) is 0 Å². The largest absolute Gasteiger partial charge is 0.451 e. The van der Waals surface area contributed by atoms with Gasteiger partial charge in [0.2, 0.25) is 0 Å². The Kier molecular flexibility index (Phi) is 3.33. The number of benzene rings is 2. The topological polar surface area (TPSA) is 25.0 Å². The minimum Gasteiger partial charge on any atom is -0.451 e. The van der Waals surface area contributed by atoms with Gasteiger partial charge in [-0.15, -0.1) is 0 Å². The molecule has 0 saturated heterocycles. The van der Waals surface area contributed by atoms with Crippen LogP contribution in [0.3, 0.4) is 0 Å². The van der Waals surface area contributed by atoms with E-state index in [0.717, 1.165) is 6.07 Å². The number of hydrogen-bond donors (Lipinski definition) is 1. The molecule has 0 atom stereocenters. The van der Waals surface area contributed by atoms with Crippen molar-refractivity contribution in [2.75, 3.05) is 0 Å². The molecular formula is C14H7F3INO. The van der Waals surface area contributed by atoms with Crippen molar-refractivity contribution in [2.45, 2.75) is 0 Å². The lowest BCUT2D eigenvalue weighted by Crippen LogP contribution is -1.94. The van der Waals surface area contributed by atoms with Crippen LogP contribution in [0, 0.1) is 21.0 Å². The number of nitrogens with one attached hydrogen (secondary N) is 1. The Morgan fingerprint density at radius 3 is 2.55 bits per heavy atom. The second kappa shape index (κ2) is 5.01. The van der Waals surface area contributed by atoms with E-state index in [4.69, 9.17) is 4.74 Å². The molecule has 2 nitrogen and oxygen atoms in total. The van der Waals surface area contributed by atoms with Gasteiger partial charge in [-0.25, -0.2) is 13.2 Å². The number of H-pyrrole nitrogens is 1. The standard InChI is InChI=1S/C14H7F3INO/c15-9-2-1-7(5-11(9)18)20-14-10(16)6-12-8(13(14)17)3-4-19-12/h1-6,19H. The summed E-state index contributed by atoms with van der Waals surface area (Å²) >= 11 is 1.78. The highest BCUT2D eigenvalue weighted by atomic mass is 127. The number of ether oxygens (including phenoxy) is 1.